The van der Waals surface area contributed by atoms with Crippen LogP contribution >= 0.6 is 0 Å². The van der Waals surface area contributed by atoms with Crippen LogP contribution in [0, 0.1) is 6.92 Å². The van der Waals surface area contributed by atoms with Gasteiger partial charge in [-0.1, -0.05) is 24.6 Å². The van der Waals surface area contributed by atoms with E-state index in [1.54, 1.807) is 12.1 Å². The van der Waals surface area contributed by atoms with Crippen molar-refractivity contribution in [3.8, 4) is 17.1 Å². The average molecular weight is 460 g/mol. The van der Waals surface area contributed by atoms with Crippen LogP contribution in [-0.2, 0) is 4.79 Å². The van der Waals surface area contributed by atoms with Gasteiger partial charge in [0, 0.05) is 37.5 Å². The summed E-state index contributed by atoms with van der Waals surface area (Å²) in [6, 6.07) is 13.5. The van der Waals surface area contributed by atoms with Crippen molar-refractivity contribution in [1.82, 2.24) is 20.2 Å². The number of carbonyl (C=O) groups is 1. The van der Waals surface area contributed by atoms with Crippen molar-refractivity contribution in [3.05, 3.63) is 48.0 Å². The zero-order valence-electron chi connectivity index (χ0n) is 19.8. The summed E-state index contributed by atoms with van der Waals surface area (Å²) in [5.41, 5.74) is 2.60. The van der Waals surface area contributed by atoms with Crippen LogP contribution in [0.3, 0.4) is 0 Å². The molecular formula is C27H33N5O2. The summed E-state index contributed by atoms with van der Waals surface area (Å²) in [5.74, 6) is 1.67. The van der Waals surface area contributed by atoms with E-state index in [9.17, 15) is 9.90 Å². The number of hydrogen-bond acceptors (Lipinski definition) is 6. The minimum absolute atomic E-state index is 0.109. The van der Waals surface area contributed by atoms with Gasteiger partial charge in [0.1, 0.15) is 11.6 Å². The number of piperidine rings is 1. The van der Waals surface area contributed by atoms with Crippen LogP contribution in [0.4, 0.5) is 5.82 Å². The number of hydrogen-bond donors (Lipinski definition) is 2. The van der Waals surface area contributed by atoms with Gasteiger partial charge in [0.15, 0.2) is 5.82 Å². The molecule has 3 heterocycles. The highest BCUT2D eigenvalue weighted by Crippen LogP contribution is 2.33. The molecule has 7 nitrogen and oxygen atoms in total. The lowest BCUT2D eigenvalue weighted by molar-refractivity contribution is -0.122. The normalized spacial score (nSPS) is 19.0. The summed E-state index contributed by atoms with van der Waals surface area (Å²) in [7, 11) is 0. The first-order valence-corrected chi connectivity index (χ1v) is 12.4. The number of phenols is 1. The number of anilines is 1. The van der Waals surface area contributed by atoms with Gasteiger partial charge in [-0.05, 0) is 69.1 Å². The van der Waals surface area contributed by atoms with Gasteiger partial charge in [0.2, 0.25) is 5.91 Å². The number of benzene rings is 2. The quantitative estimate of drug-likeness (QED) is 0.582. The minimum Gasteiger partial charge on any atom is -0.507 e. The number of para-hydroxylation sites is 1. The molecule has 2 fully saturated rings. The highest BCUT2D eigenvalue weighted by molar-refractivity contribution is 5.92. The largest absolute Gasteiger partial charge is 0.507 e. The van der Waals surface area contributed by atoms with Crippen LogP contribution in [0.1, 0.15) is 37.7 Å². The van der Waals surface area contributed by atoms with E-state index in [0.29, 0.717) is 17.8 Å². The number of nitrogens with zero attached hydrogens (tertiary/aromatic N) is 4. The molecule has 0 bridgehead atoms. The third-order valence-corrected chi connectivity index (χ3v) is 6.93. The van der Waals surface area contributed by atoms with Gasteiger partial charge in [0.25, 0.3) is 0 Å². The summed E-state index contributed by atoms with van der Waals surface area (Å²) in [4.78, 5) is 26.9. The molecule has 0 saturated carbocycles. The van der Waals surface area contributed by atoms with E-state index < -0.39 is 0 Å². The van der Waals surface area contributed by atoms with Crippen LogP contribution in [0.2, 0.25) is 0 Å². The Morgan fingerprint density at radius 3 is 2.74 bits per heavy atom. The van der Waals surface area contributed by atoms with Crippen molar-refractivity contribution in [2.45, 2.75) is 45.1 Å². The predicted molar refractivity (Wildman–Crippen MR) is 135 cm³/mol. The number of nitrogens with one attached hydrogen (secondary N) is 1. The lowest BCUT2D eigenvalue weighted by atomic mass is 10.1. The van der Waals surface area contributed by atoms with Crippen LogP contribution in [0.15, 0.2) is 42.5 Å². The van der Waals surface area contributed by atoms with Crippen LogP contribution in [-0.4, -0.2) is 64.6 Å². The molecule has 5 rings (SSSR count). The first kappa shape index (κ1) is 22.6. The molecule has 0 aliphatic carbocycles. The van der Waals surface area contributed by atoms with Gasteiger partial charge >= 0.3 is 0 Å². The Labute approximate surface area is 200 Å². The molecule has 0 radical (unpaired) electrons. The minimum atomic E-state index is 0.109. The van der Waals surface area contributed by atoms with Crippen LogP contribution in [0.5, 0.6) is 5.75 Å². The first-order chi connectivity index (χ1) is 16.6. The van der Waals surface area contributed by atoms with Gasteiger partial charge in [-0.3, -0.25) is 4.79 Å². The van der Waals surface area contributed by atoms with Gasteiger partial charge in [-0.25, -0.2) is 9.97 Å². The summed E-state index contributed by atoms with van der Waals surface area (Å²) in [6.07, 6.45) is 5.24. The molecule has 3 aromatic rings. The zero-order chi connectivity index (χ0) is 23.5. The van der Waals surface area contributed by atoms with E-state index in [4.69, 9.17) is 9.97 Å². The third-order valence-electron chi connectivity index (χ3n) is 6.93. The standard InChI is InChI=1S/C27H33N5O2/c1-19-9-10-21-23(17-19)29-26(22-7-3-4-8-24(22)33)30-27(21)32-16-11-20(18-32)28-25(34)12-15-31-13-5-2-6-14-31/h3-4,7-10,17,20,33H,2,5-6,11-16,18H2,1H3,(H,28,34). The number of aromatic nitrogens is 2. The third kappa shape index (κ3) is 4.99. The molecule has 7 heteroatoms. The van der Waals surface area contributed by atoms with Crippen molar-refractivity contribution < 1.29 is 9.90 Å². The van der Waals surface area contributed by atoms with E-state index in [-0.39, 0.29) is 17.7 Å². The second kappa shape index (κ2) is 9.97. The Kier molecular flexibility index (Phi) is 6.63. The molecule has 2 aromatic carbocycles. The predicted octanol–water partition coefficient (Wildman–Crippen LogP) is 3.88. The second-order valence-electron chi connectivity index (χ2n) is 9.56. The Balaban J connectivity index is 1.32. The lowest BCUT2D eigenvalue weighted by Crippen LogP contribution is -2.39. The molecule has 1 aromatic heterocycles. The molecule has 1 unspecified atom stereocenters. The number of likely N-dealkylation sites (tertiary alicyclic amines) is 1. The monoisotopic (exact) mass is 459 g/mol. The Morgan fingerprint density at radius 1 is 1.09 bits per heavy atom. The Bertz CT molecular complexity index is 1170. The highest BCUT2D eigenvalue weighted by atomic mass is 16.3. The summed E-state index contributed by atoms with van der Waals surface area (Å²) >= 11 is 0. The fourth-order valence-electron chi connectivity index (χ4n) is 5.06. The molecule has 1 atom stereocenters. The second-order valence-corrected chi connectivity index (χ2v) is 9.56. The molecular weight excluding hydrogens is 426 g/mol. The molecule has 1 amide bonds. The number of rotatable bonds is 6. The number of fused-ring (bicyclic) bond motifs is 1. The lowest BCUT2D eigenvalue weighted by Gasteiger charge is -2.26. The summed E-state index contributed by atoms with van der Waals surface area (Å²) in [6.45, 7) is 6.66. The van der Waals surface area contributed by atoms with Gasteiger partial charge in [-0.15, -0.1) is 0 Å². The highest BCUT2D eigenvalue weighted by Gasteiger charge is 2.27. The molecule has 2 saturated heterocycles. The van der Waals surface area contributed by atoms with E-state index in [1.165, 1.54) is 19.3 Å². The fourth-order valence-corrected chi connectivity index (χ4v) is 5.06. The molecule has 2 aliphatic heterocycles. The maximum atomic E-state index is 12.6. The zero-order valence-corrected chi connectivity index (χ0v) is 19.8. The van der Waals surface area contributed by atoms with E-state index in [1.807, 2.05) is 19.1 Å². The van der Waals surface area contributed by atoms with Crippen molar-refractivity contribution in [2.75, 3.05) is 37.6 Å². The van der Waals surface area contributed by atoms with E-state index in [0.717, 1.165) is 61.4 Å². The molecule has 34 heavy (non-hydrogen) atoms. The van der Waals surface area contributed by atoms with Crippen molar-refractivity contribution in [2.24, 2.45) is 0 Å². The van der Waals surface area contributed by atoms with Crippen molar-refractivity contribution >= 4 is 22.6 Å². The molecule has 178 valence electrons. The van der Waals surface area contributed by atoms with E-state index >= 15 is 0 Å². The number of phenolic OH excluding ortho intramolecular Hbond substituents is 1. The number of carbonyl (C=O) groups excluding carboxylic acids is 1. The maximum absolute atomic E-state index is 12.6. The first-order valence-electron chi connectivity index (χ1n) is 12.4. The summed E-state index contributed by atoms with van der Waals surface area (Å²) < 4.78 is 0. The van der Waals surface area contributed by atoms with Crippen LogP contribution < -0.4 is 10.2 Å². The fraction of sp³-hybridized carbons (Fsp3) is 0.444. The van der Waals surface area contributed by atoms with Gasteiger partial charge in [-0.2, -0.15) is 0 Å². The van der Waals surface area contributed by atoms with Gasteiger partial charge < -0.3 is 20.2 Å². The van der Waals surface area contributed by atoms with Gasteiger partial charge in [0.05, 0.1) is 11.1 Å². The van der Waals surface area contributed by atoms with E-state index in [2.05, 4.69) is 33.3 Å². The summed E-state index contributed by atoms with van der Waals surface area (Å²) in [5, 5.41) is 14.6. The SMILES string of the molecule is Cc1ccc2c(N3CCC(NC(=O)CCN4CCCCC4)C3)nc(-c3ccccc3O)nc2c1. The van der Waals surface area contributed by atoms with Crippen molar-refractivity contribution in [3.63, 3.8) is 0 Å². The Hall–Kier alpha value is -3.19. The maximum Gasteiger partial charge on any atom is 0.221 e. The molecule has 2 N–H and O–H groups in total. The number of aryl methyl sites for hydroxylation is 1. The molecule has 2 aliphatic rings. The molecule has 0 spiro atoms. The number of aromatic hydroxyl groups is 1. The smallest absolute Gasteiger partial charge is 0.221 e. The number of amides is 1. The Morgan fingerprint density at radius 2 is 1.91 bits per heavy atom. The van der Waals surface area contributed by atoms with Crippen LogP contribution in [0.25, 0.3) is 22.3 Å². The van der Waals surface area contributed by atoms with Crippen molar-refractivity contribution in [1.29, 1.82) is 0 Å². The average Bonchev–Trinajstić information content (AvgIpc) is 3.31. The topological polar surface area (TPSA) is 81.6 Å².